The van der Waals surface area contributed by atoms with Crippen molar-refractivity contribution in [2.45, 2.75) is 20.5 Å². The highest BCUT2D eigenvalue weighted by molar-refractivity contribution is 7.15. The van der Waals surface area contributed by atoms with Gasteiger partial charge < -0.3 is 10.1 Å². The molecule has 1 N–H and O–H groups in total. The smallest absolute Gasteiger partial charge is 0.188 e. The van der Waals surface area contributed by atoms with Crippen LogP contribution in [0.15, 0.2) is 48.8 Å². The average Bonchev–Trinajstić information content (AvgIpc) is 2.94. The molecule has 0 unspecified atom stereocenters. The van der Waals surface area contributed by atoms with Crippen LogP contribution in [0.4, 0.5) is 10.9 Å². The second-order valence-corrected chi connectivity index (χ2v) is 6.27. The minimum Gasteiger partial charge on any atom is -0.485 e. The molecule has 112 valence electrons. The summed E-state index contributed by atoms with van der Waals surface area (Å²) in [6.45, 7) is 4.54. The van der Waals surface area contributed by atoms with Gasteiger partial charge in [-0.15, -0.1) is 11.3 Å². The number of hydrogen-bond acceptors (Lipinski definition) is 5. The Labute approximate surface area is 133 Å². The predicted octanol–water partition coefficient (Wildman–Crippen LogP) is 4.48. The summed E-state index contributed by atoms with van der Waals surface area (Å²) in [6.07, 6.45) is 3.66. The van der Waals surface area contributed by atoms with Crippen molar-refractivity contribution in [1.29, 1.82) is 0 Å². The summed E-state index contributed by atoms with van der Waals surface area (Å²) in [6, 6.07) is 12.1. The fourth-order valence-corrected chi connectivity index (χ4v) is 2.66. The molecule has 0 aliphatic carbocycles. The van der Waals surface area contributed by atoms with E-state index in [1.807, 2.05) is 62.6 Å². The summed E-state index contributed by atoms with van der Waals surface area (Å²) >= 11 is 1.59. The van der Waals surface area contributed by atoms with E-state index in [4.69, 9.17) is 4.74 Å². The Kier molecular flexibility index (Phi) is 4.34. The zero-order valence-electron chi connectivity index (χ0n) is 12.5. The summed E-state index contributed by atoms with van der Waals surface area (Å²) in [7, 11) is 0. The maximum absolute atomic E-state index is 5.93. The SMILES string of the molecule is Cc1cnc(Nc2ncc(C)s2)c(OCc2ccccc2)c1. The van der Waals surface area contributed by atoms with Gasteiger partial charge in [0.2, 0.25) is 0 Å². The lowest BCUT2D eigenvalue weighted by Gasteiger charge is -2.12. The van der Waals surface area contributed by atoms with E-state index in [0.717, 1.165) is 26.9 Å². The van der Waals surface area contributed by atoms with Crippen molar-refractivity contribution in [1.82, 2.24) is 9.97 Å². The fraction of sp³-hybridized carbons (Fsp3) is 0.176. The van der Waals surface area contributed by atoms with Gasteiger partial charge >= 0.3 is 0 Å². The molecule has 2 aromatic heterocycles. The summed E-state index contributed by atoms with van der Waals surface area (Å²) in [5.41, 5.74) is 2.18. The summed E-state index contributed by atoms with van der Waals surface area (Å²) in [5, 5.41) is 4.05. The number of aromatic nitrogens is 2. The summed E-state index contributed by atoms with van der Waals surface area (Å²) in [4.78, 5) is 9.88. The Hall–Kier alpha value is -2.40. The van der Waals surface area contributed by atoms with Crippen molar-refractivity contribution in [3.63, 3.8) is 0 Å². The van der Waals surface area contributed by atoms with Gasteiger partial charge in [-0.05, 0) is 31.0 Å². The van der Waals surface area contributed by atoms with Gasteiger partial charge in [0.25, 0.3) is 0 Å². The molecule has 0 radical (unpaired) electrons. The fourth-order valence-electron chi connectivity index (χ4n) is 2.00. The molecule has 0 atom stereocenters. The van der Waals surface area contributed by atoms with Crippen molar-refractivity contribution < 1.29 is 4.74 Å². The second-order valence-electron chi connectivity index (χ2n) is 5.03. The normalized spacial score (nSPS) is 10.5. The van der Waals surface area contributed by atoms with Gasteiger partial charge in [0.05, 0.1) is 0 Å². The number of benzene rings is 1. The first kappa shape index (κ1) is 14.5. The molecule has 1 aromatic carbocycles. The quantitative estimate of drug-likeness (QED) is 0.755. The van der Waals surface area contributed by atoms with Crippen LogP contribution in [0.1, 0.15) is 16.0 Å². The molecule has 0 bridgehead atoms. The minimum absolute atomic E-state index is 0.511. The lowest BCUT2D eigenvalue weighted by atomic mass is 10.2. The molecule has 3 rings (SSSR count). The number of pyridine rings is 1. The van der Waals surface area contributed by atoms with Crippen molar-refractivity contribution in [3.05, 3.63) is 64.8 Å². The zero-order valence-corrected chi connectivity index (χ0v) is 13.4. The van der Waals surface area contributed by atoms with Gasteiger partial charge in [0.15, 0.2) is 16.7 Å². The van der Waals surface area contributed by atoms with E-state index in [-0.39, 0.29) is 0 Å². The first-order chi connectivity index (χ1) is 10.7. The molecule has 22 heavy (non-hydrogen) atoms. The lowest BCUT2D eigenvalue weighted by Crippen LogP contribution is -2.01. The second kappa shape index (κ2) is 6.58. The van der Waals surface area contributed by atoms with Crippen LogP contribution in [0.3, 0.4) is 0 Å². The summed E-state index contributed by atoms with van der Waals surface area (Å²) in [5.74, 6) is 1.42. The zero-order chi connectivity index (χ0) is 15.4. The molecule has 0 amide bonds. The van der Waals surface area contributed by atoms with Crippen LogP contribution < -0.4 is 10.1 Å². The van der Waals surface area contributed by atoms with Crippen LogP contribution in [0, 0.1) is 13.8 Å². The topological polar surface area (TPSA) is 47.0 Å². The number of anilines is 2. The maximum atomic E-state index is 5.93. The van der Waals surface area contributed by atoms with E-state index >= 15 is 0 Å². The molecular weight excluding hydrogens is 294 g/mol. The van der Waals surface area contributed by atoms with E-state index in [0.29, 0.717) is 12.4 Å². The average molecular weight is 311 g/mol. The van der Waals surface area contributed by atoms with Crippen LogP contribution in [-0.4, -0.2) is 9.97 Å². The van der Waals surface area contributed by atoms with Crippen LogP contribution >= 0.6 is 11.3 Å². The van der Waals surface area contributed by atoms with Crippen molar-refractivity contribution >= 4 is 22.3 Å². The number of ether oxygens (including phenoxy) is 1. The van der Waals surface area contributed by atoms with Gasteiger partial charge in [0, 0.05) is 17.3 Å². The van der Waals surface area contributed by atoms with Crippen molar-refractivity contribution in [3.8, 4) is 5.75 Å². The lowest BCUT2D eigenvalue weighted by molar-refractivity contribution is 0.306. The predicted molar refractivity (Wildman–Crippen MR) is 89.9 cm³/mol. The first-order valence-electron chi connectivity index (χ1n) is 7.03. The first-order valence-corrected chi connectivity index (χ1v) is 7.85. The molecule has 0 aliphatic heterocycles. The molecule has 0 fully saturated rings. The Morgan fingerprint density at radius 1 is 1.09 bits per heavy atom. The van der Waals surface area contributed by atoms with Crippen LogP contribution in [-0.2, 0) is 6.61 Å². The van der Waals surface area contributed by atoms with Gasteiger partial charge in [-0.3, -0.25) is 0 Å². The van der Waals surface area contributed by atoms with Crippen LogP contribution in [0.5, 0.6) is 5.75 Å². The third kappa shape index (κ3) is 3.62. The van der Waals surface area contributed by atoms with Gasteiger partial charge in [-0.1, -0.05) is 30.3 Å². The number of nitrogens with zero attached hydrogens (tertiary/aromatic N) is 2. The molecule has 2 heterocycles. The standard InChI is InChI=1S/C17H17N3OS/c1-12-8-15(21-11-14-6-4-3-5-7-14)16(18-9-12)20-17-19-10-13(2)22-17/h3-10H,11H2,1-2H3,(H,18,19,20). The van der Waals surface area contributed by atoms with Crippen LogP contribution in [0.25, 0.3) is 0 Å². The highest BCUT2D eigenvalue weighted by Gasteiger charge is 2.09. The minimum atomic E-state index is 0.511. The molecule has 5 heteroatoms. The monoisotopic (exact) mass is 311 g/mol. The molecular formula is C17H17N3OS. The van der Waals surface area contributed by atoms with Gasteiger partial charge in [-0.2, -0.15) is 0 Å². The third-order valence-electron chi connectivity index (χ3n) is 3.07. The number of rotatable bonds is 5. The Morgan fingerprint density at radius 2 is 1.91 bits per heavy atom. The van der Waals surface area contributed by atoms with E-state index in [9.17, 15) is 0 Å². The highest BCUT2D eigenvalue weighted by Crippen LogP contribution is 2.29. The van der Waals surface area contributed by atoms with E-state index in [1.54, 1.807) is 11.3 Å². The number of hydrogen-bond donors (Lipinski definition) is 1. The van der Waals surface area contributed by atoms with Crippen LogP contribution in [0.2, 0.25) is 0 Å². The highest BCUT2D eigenvalue weighted by atomic mass is 32.1. The summed E-state index contributed by atoms with van der Waals surface area (Å²) < 4.78 is 5.93. The molecule has 0 saturated carbocycles. The Balaban J connectivity index is 1.78. The number of nitrogens with one attached hydrogen (secondary N) is 1. The van der Waals surface area contributed by atoms with E-state index in [2.05, 4.69) is 15.3 Å². The van der Waals surface area contributed by atoms with Gasteiger partial charge in [0.1, 0.15) is 6.61 Å². The molecule has 4 nitrogen and oxygen atoms in total. The molecule has 0 aliphatic rings. The Morgan fingerprint density at radius 3 is 2.64 bits per heavy atom. The number of aryl methyl sites for hydroxylation is 2. The molecule has 0 saturated heterocycles. The van der Waals surface area contributed by atoms with Gasteiger partial charge in [-0.25, -0.2) is 9.97 Å². The number of thiazole rings is 1. The van der Waals surface area contributed by atoms with E-state index < -0.39 is 0 Å². The molecule has 0 spiro atoms. The Bertz CT molecular complexity index is 756. The maximum Gasteiger partial charge on any atom is 0.188 e. The molecule has 3 aromatic rings. The van der Waals surface area contributed by atoms with Crippen molar-refractivity contribution in [2.24, 2.45) is 0 Å². The largest absolute Gasteiger partial charge is 0.485 e. The van der Waals surface area contributed by atoms with E-state index in [1.165, 1.54) is 0 Å². The third-order valence-corrected chi connectivity index (χ3v) is 3.90. The van der Waals surface area contributed by atoms with Crippen molar-refractivity contribution in [2.75, 3.05) is 5.32 Å².